The van der Waals surface area contributed by atoms with E-state index < -0.39 is 0 Å². The Morgan fingerprint density at radius 1 is 1.73 bits per heavy atom. The largest absolute Gasteiger partial charge is 0.378 e. The van der Waals surface area contributed by atoms with Crippen LogP contribution >= 0.6 is 0 Å². The zero-order valence-corrected chi connectivity index (χ0v) is 8.66. The fourth-order valence-electron chi connectivity index (χ4n) is 1.70. The van der Waals surface area contributed by atoms with Gasteiger partial charge < -0.3 is 14.5 Å². The van der Waals surface area contributed by atoms with E-state index in [0.29, 0.717) is 18.1 Å². The molecule has 1 saturated heterocycles. The topological polar surface area (TPSA) is 64.2 Å². The molecule has 0 radical (unpaired) electrons. The van der Waals surface area contributed by atoms with Crippen molar-refractivity contribution in [2.24, 2.45) is 0 Å². The molecule has 1 atom stereocenters. The third-order valence-electron chi connectivity index (χ3n) is 2.34. The summed E-state index contributed by atoms with van der Waals surface area (Å²) in [6.07, 6.45) is 1.87. The molecule has 1 aliphatic heterocycles. The maximum atomic E-state index is 11.3. The molecule has 0 aromatic carbocycles. The quantitative estimate of drug-likeness (QED) is 0.800. The lowest BCUT2D eigenvalue weighted by molar-refractivity contribution is 0.104. The van der Waals surface area contributed by atoms with Crippen molar-refractivity contribution >= 4 is 0 Å². The molecule has 15 heavy (non-hydrogen) atoms. The number of methoxy groups -OCH3 is 1. The van der Waals surface area contributed by atoms with Gasteiger partial charge in [-0.25, -0.2) is 4.98 Å². The van der Waals surface area contributed by atoms with Crippen LogP contribution in [0.1, 0.15) is 30.5 Å². The van der Waals surface area contributed by atoms with Gasteiger partial charge in [0.05, 0.1) is 12.3 Å². The second-order valence-corrected chi connectivity index (χ2v) is 3.56. The lowest BCUT2D eigenvalue weighted by Crippen LogP contribution is -2.15. The fraction of sp³-hybridized carbons (Fsp3) is 0.600. The molecule has 2 rings (SSSR count). The minimum absolute atomic E-state index is 0.0606. The molecule has 82 valence electrons. The molecule has 1 aliphatic rings. The lowest BCUT2D eigenvalue weighted by atomic mass is 10.2. The molecular formula is C10H14N2O3. The lowest BCUT2D eigenvalue weighted by Gasteiger charge is -2.09. The monoisotopic (exact) mass is 210 g/mol. The highest BCUT2D eigenvalue weighted by Gasteiger charge is 2.20. The Morgan fingerprint density at radius 3 is 3.27 bits per heavy atom. The van der Waals surface area contributed by atoms with Crippen molar-refractivity contribution in [3.8, 4) is 0 Å². The average molecular weight is 210 g/mol. The first kappa shape index (κ1) is 10.3. The minimum atomic E-state index is -0.150. The number of rotatable bonds is 3. The number of nitrogens with one attached hydrogen (secondary N) is 1. The Balaban J connectivity index is 2.26. The Bertz CT molecular complexity index is 382. The summed E-state index contributed by atoms with van der Waals surface area (Å²) >= 11 is 0. The molecular weight excluding hydrogens is 196 g/mol. The van der Waals surface area contributed by atoms with Crippen molar-refractivity contribution < 1.29 is 9.47 Å². The Labute approximate surface area is 87.4 Å². The number of H-pyrrole nitrogens is 1. The van der Waals surface area contributed by atoms with E-state index in [0.717, 1.165) is 19.4 Å². The van der Waals surface area contributed by atoms with E-state index in [9.17, 15) is 4.79 Å². The summed E-state index contributed by atoms with van der Waals surface area (Å²) in [5.74, 6) is 0.618. The standard InChI is InChI=1S/C10H14N2O3/c1-14-6-7-5-9(13)12-10(11-7)8-3-2-4-15-8/h5,8H,2-4,6H2,1H3,(H,11,12,13). The van der Waals surface area contributed by atoms with Gasteiger partial charge in [-0.1, -0.05) is 0 Å². The molecule has 2 heterocycles. The van der Waals surface area contributed by atoms with Crippen LogP contribution in [-0.2, 0) is 16.1 Å². The molecule has 0 bridgehead atoms. The van der Waals surface area contributed by atoms with Crippen LogP contribution in [0.25, 0.3) is 0 Å². The first-order chi connectivity index (χ1) is 7.29. The van der Waals surface area contributed by atoms with Crippen LogP contribution in [0.2, 0.25) is 0 Å². The van der Waals surface area contributed by atoms with Gasteiger partial charge in [-0.15, -0.1) is 0 Å². The van der Waals surface area contributed by atoms with Crippen LogP contribution in [0.3, 0.4) is 0 Å². The number of aromatic nitrogens is 2. The minimum Gasteiger partial charge on any atom is -0.378 e. The highest BCUT2D eigenvalue weighted by molar-refractivity contribution is 5.04. The van der Waals surface area contributed by atoms with E-state index in [1.54, 1.807) is 7.11 Å². The summed E-state index contributed by atoms with van der Waals surface area (Å²) in [5.41, 5.74) is 0.495. The molecule has 0 aliphatic carbocycles. The second kappa shape index (κ2) is 4.55. The maximum Gasteiger partial charge on any atom is 0.251 e. The van der Waals surface area contributed by atoms with Crippen LogP contribution in [0.15, 0.2) is 10.9 Å². The molecule has 1 aromatic heterocycles. The van der Waals surface area contributed by atoms with Crippen molar-refractivity contribution in [3.63, 3.8) is 0 Å². The van der Waals surface area contributed by atoms with E-state index in [4.69, 9.17) is 9.47 Å². The summed E-state index contributed by atoms with van der Waals surface area (Å²) in [4.78, 5) is 18.3. The van der Waals surface area contributed by atoms with E-state index >= 15 is 0 Å². The van der Waals surface area contributed by atoms with Gasteiger partial charge in [0.2, 0.25) is 0 Å². The van der Waals surface area contributed by atoms with Gasteiger partial charge in [0.25, 0.3) is 5.56 Å². The SMILES string of the molecule is COCc1cc(=O)[nH]c(C2CCCO2)n1. The summed E-state index contributed by atoms with van der Waals surface area (Å²) < 4.78 is 10.4. The third kappa shape index (κ3) is 2.43. The molecule has 1 N–H and O–H groups in total. The molecule has 0 spiro atoms. The number of nitrogens with zero attached hydrogens (tertiary/aromatic N) is 1. The molecule has 5 nitrogen and oxygen atoms in total. The van der Waals surface area contributed by atoms with E-state index in [1.165, 1.54) is 6.07 Å². The first-order valence-electron chi connectivity index (χ1n) is 5.00. The van der Waals surface area contributed by atoms with Crippen molar-refractivity contribution in [1.82, 2.24) is 9.97 Å². The van der Waals surface area contributed by atoms with Gasteiger partial charge in [-0.3, -0.25) is 4.79 Å². The van der Waals surface area contributed by atoms with Crippen LogP contribution in [0.4, 0.5) is 0 Å². The van der Waals surface area contributed by atoms with Gasteiger partial charge in [0.1, 0.15) is 11.9 Å². The van der Waals surface area contributed by atoms with Gasteiger partial charge in [-0.2, -0.15) is 0 Å². The summed E-state index contributed by atoms with van der Waals surface area (Å²) in [6.45, 7) is 1.09. The Morgan fingerprint density at radius 2 is 2.60 bits per heavy atom. The average Bonchev–Trinajstić information content (AvgIpc) is 2.70. The smallest absolute Gasteiger partial charge is 0.251 e. The van der Waals surface area contributed by atoms with Gasteiger partial charge in [0.15, 0.2) is 0 Å². The van der Waals surface area contributed by atoms with Crippen LogP contribution < -0.4 is 5.56 Å². The first-order valence-corrected chi connectivity index (χ1v) is 5.00. The number of ether oxygens (including phenoxy) is 2. The van der Waals surface area contributed by atoms with Gasteiger partial charge >= 0.3 is 0 Å². The van der Waals surface area contributed by atoms with Crippen LogP contribution in [-0.4, -0.2) is 23.7 Å². The highest BCUT2D eigenvalue weighted by Crippen LogP contribution is 2.25. The predicted molar refractivity (Wildman–Crippen MR) is 53.5 cm³/mol. The van der Waals surface area contributed by atoms with Crippen molar-refractivity contribution in [1.29, 1.82) is 0 Å². The van der Waals surface area contributed by atoms with Crippen LogP contribution in [0, 0.1) is 0 Å². The summed E-state index contributed by atoms with van der Waals surface area (Å²) in [5, 5.41) is 0. The number of hydrogen-bond acceptors (Lipinski definition) is 4. The van der Waals surface area contributed by atoms with Gasteiger partial charge in [-0.05, 0) is 12.8 Å². The van der Waals surface area contributed by atoms with E-state index in [2.05, 4.69) is 9.97 Å². The highest BCUT2D eigenvalue weighted by atomic mass is 16.5. The normalized spacial score (nSPS) is 20.7. The number of hydrogen-bond donors (Lipinski definition) is 1. The van der Waals surface area contributed by atoms with Crippen LogP contribution in [0.5, 0.6) is 0 Å². The molecule has 0 saturated carbocycles. The molecule has 1 unspecified atom stereocenters. The zero-order chi connectivity index (χ0) is 10.7. The van der Waals surface area contributed by atoms with Crippen molar-refractivity contribution in [2.45, 2.75) is 25.6 Å². The number of aromatic amines is 1. The Kier molecular flexibility index (Phi) is 3.13. The third-order valence-corrected chi connectivity index (χ3v) is 2.34. The maximum absolute atomic E-state index is 11.3. The van der Waals surface area contributed by atoms with Crippen molar-refractivity contribution in [3.05, 3.63) is 27.9 Å². The van der Waals surface area contributed by atoms with Gasteiger partial charge in [0, 0.05) is 19.8 Å². The molecule has 0 amide bonds. The molecule has 1 aromatic rings. The molecule has 5 heteroatoms. The van der Waals surface area contributed by atoms with E-state index in [-0.39, 0.29) is 11.7 Å². The molecule has 1 fully saturated rings. The predicted octanol–water partition coefficient (Wildman–Crippen LogP) is 0.768. The van der Waals surface area contributed by atoms with Crippen molar-refractivity contribution in [2.75, 3.05) is 13.7 Å². The zero-order valence-electron chi connectivity index (χ0n) is 8.66. The summed E-state index contributed by atoms with van der Waals surface area (Å²) in [6, 6.07) is 1.45. The second-order valence-electron chi connectivity index (χ2n) is 3.56. The summed E-state index contributed by atoms with van der Waals surface area (Å²) in [7, 11) is 1.58. The van der Waals surface area contributed by atoms with E-state index in [1.807, 2.05) is 0 Å². The fourth-order valence-corrected chi connectivity index (χ4v) is 1.70. The Hall–Kier alpha value is -1.20.